The monoisotopic (exact) mass is 312 g/mol. The number of nitrogens with zero attached hydrogens (tertiary/aromatic N) is 1. The molecule has 0 aliphatic carbocycles. The van der Waals surface area contributed by atoms with Crippen LogP contribution in [0.3, 0.4) is 0 Å². The fourth-order valence-corrected chi connectivity index (χ4v) is 3.70. The Morgan fingerprint density at radius 1 is 0.708 bits per heavy atom. The van der Waals surface area contributed by atoms with Gasteiger partial charge in [-0.05, 0) is 35.4 Å². The van der Waals surface area contributed by atoms with Gasteiger partial charge >= 0.3 is 0 Å². The molecule has 0 fully saturated rings. The molecule has 0 bridgehead atoms. The van der Waals surface area contributed by atoms with Gasteiger partial charge in [0, 0.05) is 30.8 Å². The van der Waals surface area contributed by atoms with Gasteiger partial charge in [0.15, 0.2) is 0 Å². The third kappa shape index (κ3) is 2.11. The summed E-state index contributed by atoms with van der Waals surface area (Å²) in [6, 6.07) is 30.0. The Morgan fingerprint density at radius 2 is 1.33 bits per heavy atom. The van der Waals surface area contributed by atoms with Gasteiger partial charge in [-0.15, -0.1) is 0 Å². The molecule has 1 N–H and O–H groups in total. The van der Waals surface area contributed by atoms with Crippen LogP contribution in [0.5, 0.6) is 0 Å². The second-order valence-electron chi connectivity index (χ2n) is 6.07. The standard InChI is InChI=1S/C22H20N2/c1-24-17-9-15-21(24)22(20-14-8-16-23-20,18-10-4-2-5-11-18)19-12-6-3-7-13-19/h2-17,23H,1H3. The highest BCUT2D eigenvalue weighted by Gasteiger charge is 2.40. The maximum Gasteiger partial charge on any atom is 0.100 e. The van der Waals surface area contributed by atoms with Gasteiger partial charge in [0.05, 0.1) is 0 Å². The summed E-state index contributed by atoms with van der Waals surface area (Å²) < 4.78 is 2.21. The Balaban J connectivity index is 2.14. The van der Waals surface area contributed by atoms with Crippen molar-refractivity contribution in [3.63, 3.8) is 0 Å². The molecule has 118 valence electrons. The maximum atomic E-state index is 3.48. The van der Waals surface area contributed by atoms with Gasteiger partial charge in [-0.2, -0.15) is 0 Å². The molecule has 0 unspecified atom stereocenters. The summed E-state index contributed by atoms with van der Waals surface area (Å²) in [7, 11) is 2.11. The Hall–Kier alpha value is -3.00. The number of hydrogen-bond donors (Lipinski definition) is 1. The SMILES string of the molecule is Cn1cccc1C(c1ccccc1)(c1ccccc1)c1ccc[nH]1. The van der Waals surface area contributed by atoms with Gasteiger partial charge in [0.25, 0.3) is 0 Å². The van der Waals surface area contributed by atoms with Crippen LogP contribution in [0.15, 0.2) is 97.3 Å². The van der Waals surface area contributed by atoms with E-state index in [1.807, 2.05) is 6.20 Å². The Bertz CT molecular complexity index is 864. The molecule has 0 aliphatic rings. The smallest absolute Gasteiger partial charge is 0.100 e. The van der Waals surface area contributed by atoms with Crippen LogP contribution in [-0.2, 0) is 12.5 Å². The van der Waals surface area contributed by atoms with Crippen molar-refractivity contribution in [1.82, 2.24) is 9.55 Å². The number of nitrogens with one attached hydrogen (secondary N) is 1. The first-order valence-corrected chi connectivity index (χ1v) is 8.20. The topological polar surface area (TPSA) is 20.7 Å². The molecule has 4 aromatic rings. The quantitative estimate of drug-likeness (QED) is 0.562. The van der Waals surface area contributed by atoms with Crippen LogP contribution in [0.1, 0.15) is 22.5 Å². The van der Waals surface area contributed by atoms with Crippen molar-refractivity contribution in [1.29, 1.82) is 0 Å². The molecule has 0 amide bonds. The van der Waals surface area contributed by atoms with Gasteiger partial charge in [0.2, 0.25) is 0 Å². The van der Waals surface area contributed by atoms with Crippen LogP contribution in [0, 0.1) is 0 Å². The van der Waals surface area contributed by atoms with Crippen LogP contribution in [-0.4, -0.2) is 9.55 Å². The highest BCUT2D eigenvalue weighted by molar-refractivity contribution is 5.56. The van der Waals surface area contributed by atoms with E-state index in [1.165, 1.54) is 22.5 Å². The summed E-state index contributed by atoms with van der Waals surface area (Å²) in [6.07, 6.45) is 4.11. The molecular weight excluding hydrogens is 292 g/mol. The van der Waals surface area contributed by atoms with Gasteiger partial charge < -0.3 is 9.55 Å². The molecule has 2 heterocycles. The summed E-state index contributed by atoms with van der Waals surface area (Å²) in [6.45, 7) is 0. The normalized spacial score (nSPS) is 11.5. The van der Waals surface area contributed by atoms with Crippen LogP contribution < -0.4 is 0 Å². The molecule has 2 nitrogen and oxygen atoms in total. The summed E-state index contributed by atoms with van der Waals surface area (Å²) in [4.78, 5) is 3.48. The fourth-order valence-electron chi connectivity index (χ4n) is 3.70. The Kier molecular flexibility index (Phi) is 3.58. The second-order valence-corrected chi connectivity index (χ2v) is 6.07. The van der Waals surface area contributed by atoms with E-state index >= 15 is 0 Å². The van der Waals surface area contributed by atoms with Crippen molar-refractivity contribution in [3.05, 3.63) is 120 Å². The number of aromatic nitrogens is 2. The lowest BCUT2D eigenvalue weighted by Crippen LogP contribution is -2.33. The van der Waals surface area contributed by atoms with E-state index in [1.54, 1.807) is 0 Å². The minimum absolute atomic E-state index is 0.371. The van der Waals surface area contributed by atoms with Gasteiger partial charge in [0.1, 0.15) is 5.41 Å². The van der Waals surface area contributed by atoms with Crippen molar-refractivity contribution in [3.8, 4) is 0 Å². The highest BCUT2D eigenvalue weighted by atomic mass is 14.9. The van der Waals surface area contributed by atoms with Crippen LogP contribution >= 0.6 is 0 Å². The largest absolute Gasteiger partial charge is 0.364 e. The molecule has 2 aromatic carbocycles. The summed E-state index contributed by atoms with van der Waals surface area (Å²) in [5.41, 5.74) is 4.54. The van der Waals surface area contributed by atoms with Crippen LogP contribution in [0.2, 0.25) is 0 Å². The fraction of sp³-hybridized carbons (Fsp3) is 0.0909. The number of aryl methyl sites for hydroxylation is 1. The van der Waals surface area contributed by atoms with Crippen LogP contribution in [0.4, 0.5) is 0 Å². The molecule has 0 saturated heterocycles. The first-order chi connectivity index (χ1) is 11.8. The first-order valence-electron chi connectivity index (χ1n) is 8.20. The molecule has 24 heavy (non-hydrogen) atoms. The molecule has 0 aliphatic heterocycles. The zero-order valence-electron chi connectivity index (χ0n) is 13.7. The van der Waals surface area contributed by atoms with Crippen molar-refractivity contribution in [2.75, 3.05) is 0 Å². The first kappa shape index (κ1) is 14.6. The lowest BCUT2D eigenvalue weighted by molar-refractivity contribution is 0.650. The van der Waals surface area contributed by atoms with E-state index in [-0.39, 0.29) is 5.41 Å². The average molecular weight is 312 g/mol. The predicted molar refractivity (Wildman–Crippen MR) is 98.1 cm³/mol. The Labute approximate surface area is 142 Å². The number of benzene rings is 2. The lowest BCUT2D eigenvalue weighted by Gasteiger charge is -2.35. The van der Waals surface area contributed by atoms with E-state index in [0.29, 0.717) is 0 Å². The number of rotatable bonds is 4. The van der Waals surface area contributed by atoms with Crippen molar-refractivity contribution < 1.29 is 0 Å². The van der Waals surface area contributed by atoms with Crippen molar-refractivity contribution >= 4 is 0 Å². The van der Waals surface area contributed by atoms with Crippen molar-refractivity contribution in [2.24, 2.45) is 7.05 Å². The molecule has 0 saturated carbocycles. The summed E-state index contributed by atoms with van der Waals surface area (Å²) in [5, 5.41) is 0. The highest BCUT2D eigenvalue weighted by Crippen LogP contribution is 2.44. The maximum absolute atomic E-state index is 3.48. The molecule has 0 atom stereocenters. The predicted octanol–water partition coefficient (Wildman–Crippen LogP) is 4.74. The number of hydrogen-bond acceptors (Lipinski definition) is 0. The molecule has 0 spiro atoms. The molecule has 0 radical (unpaired) electrons. The number of aromatic amines is 1. The second kappa shape index (κ2) is 5.89. The molecule has 2 aromatic heterocycles. The lowest BCUT2D eigenvalue weighted by atomic mass is 9.69. The van der Waals surface area contributed by atoms with Crippen LogP contribution in [0.25, 0.3) is 0 Å². The van der Waals surface area contributed by atoms with Gasteiger partial charge in [-0.25, -0.2) is 0 Å². The number of H-pyrrole nitrogens is 1. The average Bonchev–Trinajstić information content (AvgIpc) is 3.31. The molecule has 2 heteroatoms. The van der Waals surface area contributed by atoms with E-state index in [9.17, 15) is 0 Å². The molecule has 4 rings (SSSR count). The van der Waals surface area contributed by atoms with E-state index in [2.05, 4.69) is 108 Å². The van der Waals surface area contributed by atoms with Gasteiger partial charge in [-0.3, -0.25) is 0 Å². The molecular formula is C22H20N2. The summed E-state index contributed by atoms with van der Waals surface area (Å²) in [5.74, 6) is 0. The minimum Gasteiger partial charge on any atom is -0.364 e. The van der Waals surface area contributed by atoms with E-state index in [0.717, 1.165) is 0 Å². The Morgan fingerprint density at radius 3 is 1.79 bits per heavy atom. The third-order valence-corrected chi connectivity index (χ3v) is 4.74. The van der Waals surface area contributed by atoms with E-state index < -0.39 is 0 Å². The van der Waals surface area contributed by atoms with Crippen molar-refractivity contribution in [2.45, 2.75) is 5.41 Å². The zero-order chi connectivity index (χ0) is 16.4. The summed E-state index contributed by atoms with van der Waals surface area (Å²) >= 11 is 0. The minimum atomic E-state index is -0.371. The third-order valence-electron chi connectivity index (χ3n) is 4.74. The van der Waals surface area contributed by atoms with Gasteiger partial charge in [-0.1, -0.05) is 60.7 Å². The zero-order valence-corrected chi connectivity index (χ0v) is 13.7. The van der Waals surface area contributed by atoms with E-state index in [4.69, 9.17) is 0 Å².